The highest BCUT2D eigenvalue weighted by Crippen LogP contribution is 2.24. The molecule has 5 heteroatoms. The van der Waals surface area contributed by atoms with Gasteiger partial charge in [-0.05, 0) is 24.2 Å². The van der Waals surface area contributed by atoms with E-state index in [0.717, 1.165) is 18.0 Å². The van der Waals surface area contributed by atoms with Crippen LogP contribution in [0, 0.1) is 0 Å². The number of ether oxygens (including phenoxy) is 1. The Kier molecular flexibility index (Phi) is 2.44. The minimum absolute atomic E-state index is 0.484. The van der Waals surface area contributed by atoms with Gasteiger partial charge in [-0.25, -0.2) is 0 Å². The van der Waals surface area contributed by atoms with Crippen LogP contribution in [0.25, 0.3) is 0 Å². The summed E-state index contributed by atoms with van der Waals surface area (Å²) in [5.74, 6) is 0. The van der Waals surface area contributed by atoms with E-state index in [2.05, 4.69) is 27.7 Å². The van der Waals surface area contributed by atoms with Crippen molar-refractivity contribution in [3.05, 3.63) is 12.2 Å². The molecule has 0 saturated heterocycles. The first kappa shape index (κ1) is 8.50. The molecular weight excluding hydrogens is 186 g/mol. The molecule has 0 fully saturated rings. The summed E-state index contributed by atoms with van der Waals surface area (Å²) in [5, 5.41) is 12.5. The minimum atomic E-state index is 0.484. The molecule has 1 N–H and O–H groups in total. The van der Waals surface area contributed by atoms with E-state index in [-0.39, 0.29) is 0 Å². The number of methoxy groups -OCH3 is 1. The average Bonchev–Trinajstić information content (AvgIpc) is 2.76. The number of hydrogen-bond acceptors (Lipinski definition) is 5. The van der Waals surface area contributed by atoms with E-state index < -0.39 is 0 Å². The normalized spacial score (nSPS) is 16.4. The SMILES string of the molecule is COc1nnc(NC2CC=CC2)s1. The largest absolute Gasteiger partial charge is 0.472 e. The highest BCUT2D eigenvalue weighted by molar-refractivity contribution is 7.16. The molecule has 1 aliphatic rings. The number of hydrogen-bond donors (Lipinski definition) is 1. The van der Waals surface area contributed by atoms with Crippen molar-refractivity contribution >= 4 is 16.5 Å². The molecule has 70 valence electrons. The Labute approximate surface area is 80.6 Å². The Morgan fingerprint density at radius 3 is 2.85 bits per heavy atom. The maximum Gasteiger partial charge on any atom is 0.295 e. The maximum absolute atomic E-state index is 4.95. The van der Waals surface area contributed by atoms with E-state index in [1.54, 1.807) is 7.11 Å². The van der Waals surface area contributed by atoms with Crippen molar-refractivity contribution in [2.75, 3.05) is 12.4 Å². The third-order valence-corrected chi connectivity index (χ3v) is 2.73. The lowest BCUT2D eigenvalue weighted by Gasteiger charge is -2.08. The molecule has 1 aliphatic carbocycles. The van der Waals surface area contributed by atoms with Crippen LogP contribution in [0.5, 0.6) is 5.19 Å². The first-order valence-electron chi connectivity index (χ1n) is 4.17. The third kappa shape index (κ3) is 1.98. The Morgan fingerprint density at radius 1 is 1.46 bits per heavy atom. The Morgan fingerprint density at radius 2 is 2.23 bits per heavy atom. The molecule has 0 saturated carbocycles. The van der Waals surface area contributed by atoms with Gasteiger partial charge in [0.25, 0.3) is 5.19 Å². The molecule has 1 aromatic heterocycles. The van der Waals surface area contributed by atoms with Crippen LogP contribution in [0.3, 0.4) is 0 Å². The molecule has 0 unspecified atom stereocenters. The zero-order valence-electron chi connectivity index (χ0n) is 7.36. The van der Waals surface area contributed by atoms with Crippen LogP contribution in [-0.2, 0) is 0 Å². The van der Waals surface area contributed by atoms with Crippen LogP contribution in [0.1, 0.15) is 12.8 Å². The van der Waals surface area contributed by atoms with Gasteiger partial charge in [0.2, 0.25) is 5.13 Å². The molecule has 0 aliphatic heterocycles. The summed E-state index contributed by atoms with van der Waals surface area (Å²) in [6, 6.07) is 0.484. The lowest BCUT2D eigenvalue weighted by atomic mass is 10.2. The van der Waals surface area contributed by atoms with Crippen molar-refractivity contribution in [2.24, 2.45) is 0 Å². The van der Waals surface area contributed by atoms with Gasteiger partial charge >= 0.3 is 0 Å². The molecule has 1 aromatic rings. The lowest BCUT2D eigenvalue weighted by molar-refractivity contribution is 0.407. The van der Waals surface area contributed by atoms with Gasteiger partial charge < -0.3 is 10.1 Å². The second kappa shape index (κ2) is 3.74. The van der Waals surface area contributed by atoms with Gasteiger partial charge in [-0.2, -0.15) is 0 Å². The van der Waals surface area contributed by atoms with Gasteiger partial charge in [0.1, 0.15) is 0 Å². The Hall–Kier alpha value is -1.10. The molecule has 0 bridgehead atoms. The summed E-state index contributed by atoms with van der Waals surface area (Å²) in [5.41, 5.74) is 0. The second-order valence-electron chi connectivity index (χ2n) is 2.86. The molecule has 0 aromatic carbocycles. The fraction of sp³-hybridized carbons (Fsp3) is 0.500. The van der Waals surface area contributed by atoms with Crippen LogP contribution in [0.4, 0.5) is 5.13 Å². The molecule has 13 heavy (non-hydrogen) atoms. The van der Waals surface area contributed by atoms with E-state index in [4.69, 9.17) is 4.74 Å². The molecule has 2 rings (SSSR count). The fourth-order valence-electron chi connectivity index (χ4n) is 1.26. The summed E-state index contributed by atoms with van der Waals surface area (Å²) >= 11 is 1.44. The van der Waals surface area contributed by atoms with Crippen molar-refractivity contribution in [1.82, 2.24) is 10.2 Å². The quantitative estimate of drug-likeness (QED) is 0.749. The fourth-order valence-corrected chi connectivity index (χ4v) is 1.90. The standard InChI is InChI=1S/C8H11N3OS/c1-12-8-11-10-7(13-8)9-6-4-2-3-5-6/h2-3,6H,4-5H2,1H3,(H,9,10). The first-order chi connectivity index (χ1) is 6.38. The molecule has 0 spiro atoms. The third-order valence-electron chi connectivity index (χ3n) is 1.92. The van der Waals surface area contributed by atoms with Crippen LogP contribution >= 0.6 is 11.3 Å². The topological polar surface area (TPSA) is 47.0 Å². The average molecular weight is 197 g/mol. The second-order valence-corrected chi connectivity index (χ2v) is 3.80. The summed E-state index contributed by atoms with van der Waals surface area (Å²) in [6.07, 6.45) is 6.50. The van der Waals surface area contributed by atoms with Gasteiger partial charge in [-0.15, -0.1) is 5.10 Å². The highest BCUT2D eigenvalue weighted by atomic mass is 32.1. The molecule has 0 radical (unpaired) electrons. The van der Waals surface area contributed by atoms with Crippen molar-refractivity contribution < 1.29 is 4.74 Å². The predicted octanol–water partition coefficient (Wildman–Crippen LogP) is 1.68. The van der Waals surface area contributed by atoms with Crippen molar-refractivity contribution in [1.29, 1.82) is 0 Å². The number of nitrogens with zero attached hydrogens (tertiary/aromatic N) is 2. The number of aromatic nitrogens is 2. The number of nitrogens with one attached hydrogen (secondary N) is 1. The lowest BCUT2D eigenvalue weighted by Crippen LogP contribution is -2.14. The predicted molar refractivity (Wildman–Crippen MR) is 52.2 cm³/mol. The van der Waals surface area contributed by atoms with E-state index >= 15 is 0 Å². The molecule has 4 nitrogen and oxygen atoms in total. The Balaban J connectivity index is 1.93. The van der Waals surface area contributed by atoms with Crippen LogP contribution in [0.15, 0.2) is 12.2 Å². The van der Waals surface area contributed by atoms with Gasteiger partial charge in [0.05, 0.1) is 7.11 Å². The van der Waals surface area contributed by atoms with Crippen LogP contribution < -0.4 is 10.1 Å². The van der Waals surface area contributed by atoms with Gasteiger partial charge in [-0.1, -0.05) is 17.3 Å². The van der Waals surface area contributed by atoms with E-state index in [1.165, 1.54) is 11.3 Å². The van der Waals surface area contributed by atoms with Crippen molar-refractivity contribution in [3.8, 4) is 5.19 Å². The summed E-state index contributed by atoms with van der Waals surface area (Å²) in [6.45, 7) is 0. The molecule has 1 heterocycles. The monoisotopic (exact) mass is 197 g/mol. The van der Waals surface area contributed by atoms with E-state index in [9.17, 15) is 0 Å². The smallest absolute Gasteiger partial charge is 0.295 e. The zero-order valence-corrected chi connectivity index (χ0v) is 8.17. The maximum atomic E-state index is 4.95. The number of anilines is 1. The summed E-state index contributed by atoms with van der Waals surface area (Å²) in [7, 11) is 1.60. The molecular formula is C8H11N3OS. The van der Waals surface area contributed by atoms with Crippen LogP contribution in [0.2, 0.25) is 0 Å². The van der Waals surface area contributed by atoms with Gasteiger partial charge in [0, 0.05) is 6.04 Å². The Bertz CT molecular complexity index is 302. The van der Waals surface area contributed by atoms with Crippen molar-refractivity contribution in [2.45, 2.75) is 18.9 Å². The van der Waals surface area contributed by atoms with Crippen molar-refractivity contribution in [3.63, 3.8) is 0 Å². The highest BCUT2D eigenvalue weighted by Gasteiger charge is 2.12. The minimum Gasteiger partial charge on any atom is -0.472 e. The zero-order chi connectivity index (χ0) is 9.10. The summed E-state index contributed by atoms with van der Waals surface area (Å²) < 4.78 is 4.95. The van der Waals surface area contributed by atoms with E-state index in [0.29, 0.717) is 11.2 Å². The number of rotatable bonds is 3. The van der Waals surface area contributed by atoms with Crippen LogP contribution in [-0.4, -0.2) is 23.3 Å². The van der Waals surface area contributed by atoms with Gasteiger partial charge in [0.15, 0.2) is 0 Å². The van der Waals surface area contributed by atoms with E-state index in [1.807, 2.05) is 0 Å². The first-order valence-corrected chi connectivity index (χ1v) is 4.99. The van der Waals surface area contributed by atoms with Gasteiger partial charge in [-0.3, -0.25) is 0 Å². The molecule has 0 amide bonds. The summed E-state index contributed by atoms with van der Waals surface area (Å²) in [4.78, 5) is 0. The molecule has 0 atom stereocenters.